The molecule has 0 bridgehead atoms. The van der Waals surface area contributed by atoms with Crippen LogP contribution in [0.15, 0.2) is 12.1 Å². The summed E-state index contributed by atoms with van der Waals surface area (Å²) >= 11 is 0. The van der Waals surface area contributed by atoms with Crippen LogP contribution in [-0.2, 0) is 0 Å². The Kier molecular flexibility index (Phi) is 8.62. The molecule has 4 heteroatoms. The fourth-order valence-electron chi connectivity index (χ4n) is 5.34. The lowest BCUT2D eigenvalue weighted by Gasteiger charge is -2.37. The molecule has 2 nitrogen and oxygen atoms in total. The second-order valence-corrected chi connectivity index (χ2v) is 9.20. The van der Waals surface area contributed by atoms with E-state index in [1.54, 1.807) is 0 Å². The third kappa shape index (κ3) is 6.08. The Labute approximate surface area is 175 Å². The van der Waals surface area contributed by atoms with Crippen molar-refractivity contribution in [2.45, 2.75) is 84.5 Å². The molecular weight excluding hydrogens is 370 g/mol. The van der Waals surface area contributed by atoms with Gasteiger partial charge in [-0.3, -0.25) is 0 Å². The van der Waals surface area contributed by atoms with E-state index in [1.807, 2.05) is 6.92 Å². The summed E-state index contributed by atoms with van der Waals surface area (Å²) in [6, 6.07) is 2.96. The highest BCUT2D eigenvalue weighted by Crippen LogP contribution is 2.42. The van der Waals surface area contributed by atoms with Gasteiger partial charge in [0.05, 0.1) is 13.2 Å². The van der Waals surface area contributed by atoms with Crippen LogP contribution in [0, 0.1) is 35.3 Å². The molecule has 1 aromatic rings. The lowest BCUT2D eigenvalue weighted by Crippen LogP contribution is -2.27. The largest absolute Gasteiger partial charge is 0.490 e. The van der Waals surface area contributed by atoms with Gasteiger partial charge in [-0.1, -0.05) is 39.5 Å². The Balaban J connectivity index is 1.42. The topological polar surface area (TPSA) is 18.5 Å². The predicted molar refractivity (Wildman–Crippen MR) is 113 cm³/mol. The molecule has 3 rings (SSSR count). The molecule has 0 N–H and O–H groups in total. The quantitative estimate of drug-likeness (QED) is 0.420. The first-order valence-electron chi connectivity index (χ1n) is 11.9. The summed E-state index contributed by atoms with van der Waals surface area (Å²) in [5, 5.41) is 0. The van der Waals surface area contributed by atoms with E-state index in [0.717, 1.165) is 37.0 Å². The predicted octanol–water partition coefficient (Wildman–Crippen LogP) is 7.55. The highest BCUT2D eigenvalue weighted by atomic mass is 19.2. The normalized spacial score (nSPS) is 27.6. The average Bonchev–Trinajstić information content (AvgIpc) is 2.75. The maximum Gasteiger partial charge on any atom is 0.204 e. The van der Waals surface area contributed by atoms with Crippen LogP contribution in [0.4, 0.5) is 8.78 Å². The van der Waals surface area contributed by atoms with Gasteiger partial charge in [-0.15, -0.1) is 0 Å². The molecule has 29 heavy (non-hydrogen) atoms. The van der Waals surface area contributed by atoms with E-state index in [-0.39, 0.29) is 11.5 Å². The van der Waals surface area contributed by atoms with Gasteiger partial charge in [0.1, 0.15) is 0 Å². The molecule has 1 aromatic carbocycles. The van der Waals surface area contributed by atoms with Crippen LogP contribution in [0.1, 0.15) is 84.5 Å². The minimum atomic E-state index is -0.946. The average molecular weight is 409 g/mol. The molecule has 0 radical (unpaired) electrons. The van der Waals surface area contributed by atoms with E-state index in [0.29, 0.717) is 19.1 Å². The summed E-state index contributed by atoms with van der Waals surface area (Å²) in [4.78, 5) is 0. The molecule has 2 aliphatic rings. The van der Waals surface area contributed by atoms with E-state index in [9.17, 15) is 8.78 Å². The molecular formula is C25H38F2O2. The zero-order valence-corrected chi connectivity index (χ0v) is 18.2. The third-order valence-electron chi connectivity index (χ3n) is 7.09. The molecule has 0 heterocycles. The zero-order valence-electron chi connectivity index (χ0n) is 18.2. The van der Waals surface area contributed by atoms with E-state index < -0.39 is 11.6 Å². The van der Waals surface area contributed by atoms with E-state index in [1.165, 1.54) is 63.5 Å². The number of ether oxygens (including phenoxy) is 2. The maximum atomic E-state index is 14.3. The summed E-state index contributed by atoms with van der Waals surface area (Å²) < 4.78 is 39.3. The standard InChI is InChI=1S/C25H38F2O2/c1-3-5-18-6-10-20(11-7-18)21-12-8-19(9-13-21)17-29-23-15-14-22(28-16-4-2)24(26)25(23)27/h14-15,18-21H,3-13,16-17H2,1-2H3. The van der Waals surface area contributed by atoms with Crippen LogP contribution in [0.3, 0.4) is 0 Å². The number of halogens is 2. The van der Waals surface area contributed by atoms with E-state index >= 15 is 0 Å². The van der Waals surface area contributed by atoms with Gasteiger partial charge in [-0.25, -0.2) is 0 Å². The fourth-order valence-corrected chi connectivity index (χ4v) is 5.34. The first kappa shape index (κ1) is 22.4. The van der Waals surface area contributed by atoms with E-state index in [2.05, 4.69) is 6.92 Å². The zero-order chi connectivity index (χ0) is 20.6. The van der Waals surface area contributed by atoms with Gasteiger partial charge in [0.25, 0.3) is 0 Å². The Hall–Kier alpha value is -1.32. The van der Waals surface area contributed by atoms with Crippen LogP contribution in [0.2, 0.25) is 0 Å². The smallest absolute Gasteiger partial charge is 0.204 e. The van der Waals surface area contributed by atoms with Crippen molar-refractivity contribution < 1.29 is 18.3 Å². The van der Waals surface area contributed by atoms with Crippen molar-refractivity contribution in [1.29, 1.82) is 0 Å². The van der Waals surface area contributed by atoms with Crippen molar-refractivity contribution in [3.63, 3.8) is 0 Å². The summed E-state index contributed by atoms with van der Waals surface area (Å²) in [5.41, 5.74) is 0. The van der Waals surface area contributed by atoms with Gasteiger partial charge >= 0.3 is 0 Å². The SMILES string of the molecule is CCCOc1ccc(OCC2CCC(C3CCC(CCC)CC3)CC2)c(F)c1F. The second-order valence-electron chi connectivity index (χ2n) is 9.20. The molecule has 0 unspecified atom stereocenters. The second kappa shape index (κ2) is 11.2. The molecule has 164 valence electrons. The molecule has 0 aliphatic heterocycles. The first-order valence-corrected chi connectivity index (χ1v) is 11.9. The number of hydrogen-bond acceptors (Lipinski definition) is 2. The third-order valence-corrected chi connectivity index (χ3v) is 7.09. The van der Waals surface area contributed by atoms with Gasteiger partial charge in [-0.2, -0.15) is 8.78 Å². The Morgan fingerprint density at radius 3 is 1.76 bits per heavy atom. The highest BCUT2D eigenvalue weighted by Gasteiger charge is 2.31. The minimum Gasteiger partial charge on any atom is -0.490 e. The monoisotopic (exact) mass is 408 g/mol. The molecule has 0 atom stereocenters. The molecule has 0 saturated heterocycles. The van der Waals surface area contributed by atoms with Crippen molar-refractivity contribution in [2.75, 3.05) is 13.2 Å². The van der Waals surface area contributed by atoms with Crippen LogP contribution in [0.5, 0.6) is 11.5 Å². The minimum absolute atomic E-state index is 0.00252. The first-order chi connectivity index (χ1) is 14.1. The Bertz CT molecular complexity index is 617. The summed E-state index contributed by atoms with van der Waals surface area (Å²) in [5.74, 6) is 1.27. The molecule has 0 spiro atoms. The molecule has 2 saturated carbocycles. The van der Waals surface area contributed by atoms with Gasteiger partial charge in [0, 0.05) is 0 Å². The van der Waals surface area contributed by atoms with Crippen molar-refractivity contribution in [1.82, 2.24) is 0 Å². The number of hydrogen-bond donors (Lipinski definition) is 0. The Morgan fingerprint density at radius 1 is 0.724 bits per heavy atom. The lowest BCUT2D eigenvalue weighted by atomic mass is 9.69. The van der Waals surface area contributed by atoms with Crippen molar-refractivity contribution in [3.8, 4) is 11.5 Å². The van der Waals surface area contributed by atoms with Gasteiger partial charge < -0.3 is 9.47 Å². The number of rotatable bonds is 9. The van der Waals surface area contributed by atoms with Gasteiger partial charge in [0.15, 0.2) is 11.5 Å². The molecule has 0 aromatic heterocycles. The highest BCUT2D eigenvalue weighted by molar-refractivity contribution is 5.35. The van der Waals surface area contributed by atoms with Crippen LogP contribution >= 0.6 is 0 Å². The maximum absolute atomic E-state index is 14.3. The van der Waals surface area contributed by atoms with Gasteiger partial charge in [-0.05, 0) is 80.8 Å². The fraction of sp³-hybridized carbons (Fsp3) is 0.760. The Morgan fingerprint density at radius 2 is 1.24 bits per heavy atom. The van der Waals surface area contributed by atoms with E-state index in [4.69, 9.17) is 9.47 Å². The number of benzene rings is 1. The molecule has 0 amide bonds. The molecule has 2 aliphatic carbocycles. The summed E-state index contributed by atoms with van der Waals surface area (Å²) in [7, 11) is 0. The lowest BCUT2D eigenvalue weighted by molar-refractivity contribution is 0.120. The van der Waals surface area contributed by atoms with Crippen LogP contribution in [0.25, 0.3) is 0 Å². The van der Waals surface area contributed by atoms with Crippen LogP contribution in [-0.4, -0.2) is 13.2 Å². The van der Waals surface area contributed by atoms with Crippen LogP contribution < -0.4 is 9.47 Å². The summed E-state index contributed by atoms with van der Waals surface area (Å²) in [6.07, 6.45) is 13.9. The summed E-state index contributed by atoms with van der Waals surface area (Å²) in [6.45, 7) is 5.07. The van der Waals surface area contributed by atoms with Crippen molar-refractivity contribution in [2.24, 2.45) is 23.7 Å². The van der Waals surface area contributed by atoms with Crippen molar-refractivity contribution in [3.05, 3.63) is 23.8 Å². The van der Waals surface area contributed by atoms with Crippen molar-refractivity contribution >= 4 is 0 Å². The van der Waals surface area contributed by atoms with Gasteiger partial charge in [0.2, 0.25) is 11.6 Å². The molecule has 2 fully saturated rings.